The molecular formula is C16H25ClN2O2. The summed E-state index contributed by atoms with van der Waals surface area (Å²) in [7, 11) is 0. The Hall–Kier alpha value is -1.26. The van der Waals surface area contributed by atoms with E-state index in [1.54, 1.807) is 0 Å². The number of carbonyl (C=O) groups is 1. The van der Waals surface area contributed by atoms with Gasteiger partial charge in [0.1, 0.15) is 12.4 Å². The lowest BCUT2D eigenvalue weighted by atomic mass is 9.98. The van der Waals surface area contributed by atoms with Gasteiger partial charge in [-0.3, -0.25) is 4.79 Å². The molecule has 1 fully saturated rings. The van der Waals surface area contributed by atoms with Crippen molar-refractivity contribution in [3.8, 4) is 5.75 Å². The zero-order chi connectivity index (χ0) is 14.6. The van der Waals surface area contributed by atoms with Crippen molar-refractivity contribution < 1.29 is 9.53 Å². The quantitative estimate of drug-likeness (QED) is 0.821. The molecule has 1 aliphatic rings. The smallest absolute Gasteiger partial charge is 0.240 e. The van der Waals surface area contributed by atoms with E-state index in [0.29, 0.717) is 13.2 Å². The molecule has 3 N–H and O–H groups in total. The Labute approximate surface area is 132 Å². The maximum Gasteiger partial charge on any atom is 0.240 e. The number of para-hydroxylation sites is 1. The summed E-state index contributed by atoms with van der Waals surface area (Å²) >= 11 is 0. The molecule has 0 radical (unpaired) electrons. The van der Waals surface area contributed by atoms with Crippen LogP contribution in [-0.2, 0) is 4.79 Å². The van der Waals surface area contributed by atoms with Gasteiger partial charge in [0.2, 0.25) is 5.91 Å². The number of nitrogens with two attached hydrogens (primary N) is 1. The van der Waals surface area contributed by atoms with Gasteiger partial charge in [-0.25, -0.2) is 0 Å². The highest BCUT2D eigenvalue weighted by Crippen LogP contribution is 2.27. The van der Waals surface area contributed by atoms with Crippen LogP contribution in [0.15, 0.2) is 18.2 Å². The van der Waals surface area contributed by atoms with E-state index in [1.807, 2.05) is 32.0 Å². The summed E-state index contributed by atoms with van der Waals surface area (Å²) in [6.07, 6.45) is 3.67. The Morgan fingerprint density at radius 2 is 1.86 bits per heavy atom. The van der Waals surface area contributed by atoms with Crippen molar-refractivity contribution in [1.29, 1.82) is 0 Å². The van der Waals surface area contributed by atoms with Crippen molar-refractivity contribution in [3.05, 3.63) is 29.3 Å². The lowest BCUT2D eigenvalue weighted by molar-refractivity contribution is -0.126. The first-order valence-electron chi connectivity index (χ1n) is 7.29. The van der Waals surface area contributed by atoms with Crippen LogP contribution in [-0.4, -0.2) is 24.6 Å². The van der Waals surface area contributed by atoms with Crippen LogP contribution in [0.1, 0.15) is 36.8 Å². The van der Waals surface area contributed by atoms with Crippen LogP contribution >= 0.6 is 12.4 Å². The summed E-state index contributed by atoms with van der Waals surface area (Å²) in [4.78, 5) is 12.0. The van der Waals surface area contributed by atoms with Crippen LogP contribution in [0.4, 0.5) is 0 Å². The monoisotopic (exact) mass is 312 g/mol. The van der Waals surface area contributed by atoms with Gasteiger partial charge in [-0.1, -0.05) is 31.0 Å². The Kier molecular flexibility index (Phi) is 6.49. The van der Waals surface area contributed by atoms with Crippen LogP contribution < -0.4 is 15.8 Å². The molecule has 0 aliphatic heterocycles. The Morgan fingerprint density at radius 1 is 1.29 bits per heavy atom. The second-order valence-electron chi connectivity index (χ2n) is 5.69. The summed E-state index contributed by atoms with van der Waals surface area (Å²) in [6, 6.07) is 6.06. The number of hydrogen-bond donors (Lipinski definition) is 2. The molecule has 0 heterocycles. The zero-order valence-electron chi connectivity index (χ0n) is 12.8. The molecule has 1 amide bonds. The van der Waals surface area contributed by atoms with Gasteiger partial charge in [0.25, 0.3) is 0 Å². The highest BCUT2D eigenvalue weighted by Gasteiger charge is 2.36. The second-order valence-corrected chi connectivity index (χ2v) is 5.69. The van der Waals surface area contributed by atoms with Gasteiger partial charge >= 0.3 is 0 Å². The van der Waals surface area contributed by atoms with E-state index in [0.717, 1.165) is 42.6 Å². The van der Waals surface area contributed by atoms with Crippen LogP contribution in [0, 0.1) is 13.8 Å². The minimum atomic E-state index is -0.654. The first-order valence-corrected chi connectivity index (χ1v) is 7.29. The van der Waals surface area contributed by atoms with Gasteiger partial charge in [-0.05, 0) is 37.8 Å². The van der Waals surface area contributed by atoms with Crippen LogP contribution in [0.3, 0.4) is 0 Å². The summed E-state index contributed by atoms with van der Waals surface area (Å²) < 4.78 is 5.76. The van der Waals surface area contributed by atoms with Gasteiger partial charge in [0.05, 0.1) is 12.1 Å². The van der Waals surface area contributed by atoms with Gasteiger partial charge in [0, 0.05) is 0 Å². The minimum absolute atomic E-state index is 0. The molecule has 0 aromatic heterocycles. The maximum absolute atomic E-state index is 12.0. The van der Waals surface area contributed by atoms with E-state index in [-0.39, 0.29) is 18.3 Å². The second kappa shape index (κ2) is 7.66. The fraction of sp³-hybridized carbons (Fsp3) is 0.562. The van der Waals surface area contributed by atoms with Crippen molar-refractivity contribution in [1.82, 2.24) is 5.32 Å². The molecule has 0 unspecified atom stereocenters. The van der Waals surface area contributed by atoms with E-state index in [1.165, 1.54) is 0 Å². The molecule has 118 valence electrons. The molecule has 0 spiro atoms. The lowest BCUT2D eigenvalue weighted by Crippen LogP contribution is -2.52. The molecular weight excluding hydrogens is 288 g/mol. The van der Waals surface area contributed by atoms with Crippen molar-refractivity contribution in [2.24, 2.45) is 5.73 Å². The molecule has 4 nitrogen and oxygen atoms in total. The molecule has 2 rings (SSSR count). The summed E-state index contributed by atoms with van der Waals surface area (Å²) in [5.74, 6) is 0.866. The standard InChI is InChI=1S/C16H24N2O2.ClH/c1-12-6-5-7-13(2)14(12)20-11-10-18-15(19)16(17)8-3-4-9-16;/h5-7H,3-4,8-11,17H2,1-2H3,(H,18,19);1H. The molecule has 0 bridgehead atoms. The molecule has 1 saturated carbocycles. The number of amides is 1. The van der Waals surface area contributed by atoms with E-state index < -0.39 is 5.54 Å². The van der Waals surface area contributed by atoms with Crippen molar-refractivity contribution >= 4 is 18.3 Å². The highest BCUT2D eigenvalue weighted by atomic mass is 35.5. The Bertz CT molecular complexity index is 465. The van der Waals surface area contributed by atoms with E-state index >= 15 is 0 Å². The number of ether oxygens (including phenoxy) is 1. The number of hydrogen-bond acceptors (Lipinski definition) is 3. The van der Waals surface area contributed by atoms with Gasteiger partial charge in [0.15, 0.2) is 0 Å². The maximum atomic E-state index is 12.0. The molecule has 21 heavy (non-hydrogen) atoms. The lowest BCUT2D eigenvalue weighted by Gasteiger charge is -2.22. The molecule has 1 aliphatic carbocycles. The summed E-state index contributed by atoms with van der Waals surface area (Å²) in [5, 5.41) is 2.89. The highest BCUT2D eigenvalue weighted by molar-refractivity contribution is 5.86. The number of benzene rings is 1. The summed E-state index contributed by atoms with van der Waals surface area (Å²) in [6.45, 7) is 5.00. The normalized spacial score (nSPS) is 16.1. The van der Waals surface area contributed by atoms with E-state index in [9.17, 15) is 4.79 Å². The predicted octanol–water partition coefficient (Wildman–Crippen LogP) is 2.49. The van der Waals surface area contributed by atoms with Crippen LogP contribution in [0.2, 0.25) is 0 Å². The SMILES string of the molecule is Cc1cccc(C)c1OCCNC(=O)C1(N)CCCC1.Cl. The van der Waals surface area contributed by atoms with Crippen molar-refractivity contribution in [2.45, 2.75) is 45.1 Å². The molecule has 0 atom stereocenters. The van der Waals surface area contributed by atoms with Gasteiger partial charge < -0.3 is 15.8 Å². The van der Waals surface area contributed by atoms with Gasteiger partial charge in [-0.15, -0.1) is 12.4 Å². The van der Waals surface area contributed by atoms with Crippen LogP contribution in [0.5, 0.6) is 5.75 Å². The predicted molar refractivity (Wildman–Crippen MR) is 87.1 cm³/mol. The fourth-order valence-electron chi connectivity index (χ4n) is 2.75. The summed E-state index contributed by atoms with van der Waals surface area (Å²) in [5.41, 5.74) is 7.66. The third-order valence-electron chi connectivity index (χ3n) is 3.99. The first-order chi connectivity index (χ1) is 9.53. The number of aryl methyl sites for hydroxylation is 2. The average molecular weight is 313 g/mol. The third-order valence-corrected chi connectivity index (χ3v) is 3.99. The first kappa shape index (κ1) is 17.8. The molecule has 0 saturated heterocycles. The number of nitrogens with one attached hydrogen (secondary N) is 1. The number of rotatable bonds is 5. The third kappa shape index (κ3) is 4.35. The van der Waals surface area contributed by atoms with Crippen LogP contribution in [0.25, 0.3) is 0 Å². The van der Waals surface area contributed by atoms with E-state index in [4.69, 9.17) is 10.5 Å². The fourth-order valence-corrected chi connectivity index (χ4v) is 2.75. The largest absolute Gasteiger partial charge is 0.491 e. The average Bonchev–Trinajstić information content (AvgIpc) is 2.85. The number of carbonyl (C=O) groups excluding carboxylic acids is 1. The zero-order valence-corrected chi connectivity index (χ0v) is 13.6. The van der Waals surface area contributed by atoms with Crippen molar-refractivity contribution in [3.63, 3.8) is 0 Å². The van der Waals surface area contributed by atoms with Crippen molar-refractivity contribution in [2.75, 3.05) is 13.2 Å². The Balaban J connectivity index is 0.00000220. The minimum Gasteiger partial charge on any atom is -0.491 e. The molecule has 1 aromatic rings. The number of halogens is 1. The topological polar surface area (TPSA) is 64.3 Å². The van der Waals surface area contributed by atoms with E-state index in [2.05, 4.69) is 5.32 Å². The Morgan fingerprint density at radius 3 is 2.43 bits per heavy atom. The molecule has 5 heteroatoms. The molecule has 1 aromatic carbocycles. The van der Waals surface area contributed by atoms with Gasteiger partial charge in [-0.2, -0.15) is 0 Å².